The van der Waals surface area contributed by atoms with E-state index < -0.39 is 6.43 Å². The van der Waals surface area contributed by atoms with Crippen molar-refractivity contribution < 1.29 is 8.78 Å². The van der Waals surface area contributed by atoms with Crippen LogP contribution in [0.5, 0.6) is 0 Å². The van der Waals surface area contributed by atoms with E-state index in [-0.39, 0.29) is 5.56 Å². The summed E-state index contributed by atoms with van der Waals surface area (Å²) >= 11 is 0. The minimum absolute atomic E-state index is 0.138. The van der Waals surface area contributed by atoms with Gasteiger partial charge in [0.1, 0.15) is 0 Å². The third-order valence-corrected chi connectivity index (χ3v) is 2.09. The van der Waals surface area contributed by atoms with Crippen LogP contribution in [0.3, 0.4) is 0 Å². The molecule has 0 fully saturated rings. The maximum absolute atomic E-state index is 12.5. The van der Waals surface area contributed by atoms with Crippen molar-refractivity contribution in [1.29, 1.82) is 0 Å². The monoisotopic (exact) mass is 183 g/mol. The van der Waals surface area contributed by atoms with Gasteiger partial charge in [-0.25, -0.2) is 8.78 Å². The predicted octanol–water partition coefficient (Wildman–Crippen LogP) is 3.90. The highest BCUT2D eigenvalue weighted by molar-refractivity contribution is 5.37. The summed E-state index contributed by atoms with van der Waals surface area (Å²) < 4.78 is 24.9. The van der Waals surface area contributed by atoms with Gasteiger partial charge in [0, 0.05) is 5.56 Å². The van der Waals surface area contributed by atoms with Gasteiger partial charge in [-0.05, 0) is 30.0 Å². The fourth-order valence-electron chi connectivity index (χ4n) is 1.19. The predicted molar refractivity (Wildman–Crippen MR) is 49.8 cm³/mol. The Bertz CT molecular complexity index is 290. The summed E-state index contributed by atoms with van der Waals surface area (Å²) in [4.78, 5) is 0. The molecule has 0 nitrogen and oxygen atoms in total. The summed E-state index contributed by atoms with van der Waals surface area (Å²) in [5.41, 5.74) is 1.68. The maximum Gasteiger partial charge on any atom is 0.264 e. The highest BCUT2D eigenvalue weighted by Crippen LogP contribution is 2.25. The Morgan fingerprint density at radius 1 is 1.23 bits per heavy atom. The van der Waals surface area contributed by atoms with Gasteiger partial charge in [-0.3, -0.25) is 0 Å². The standard InChI is InChI=1S/C11H13F2/c1-7(2)9-5-4-8(3)10(6-9)11(12)13/h4-6,11H,1-3H3. The van der Waals surface area contributed by atoms with Gasteiger partial charge in [-0.15, -0.1) is 0 Å². The van der Waals surface area contributed by atoms with E-state index in [1.807, 2.05) is 19.9 Å². The maximum atomic E-state index is 12.5. The van der Waals surface area contributed by atoms with Crippen LogP contribution >= 0.6 is 0 Å². The van der Waals surface area contributed by atoms with Crippen molar-refractivity contribution in [1.82, 2.24) is 0 Å². The summed E-state index contributed by atoms with van der Waals surface area (Å²) in [7, 11) is 0. The molecule has 0 atom stereocenters. The molecule has 0 aliphatic carbocycles. The van der Waals surface area contributed by atoms with Gasteiger partial charge in [-0.1, -0.05) is 26.0 Å². The zero-order valence-corrected chi connectivity index (χ0v) is 8.07. The Morgan fingerprint density at radius 2 is 1.85 bits per heavy atom. The highest BCUT2D eigenvalue weighted by atomic mass is 19.3. The summed E-state index contributed by atoms with van der Waals surface area (Å²) in [6, 6.07) is 5.18. The fraction of sp³-hybridized carbons (Fsp3) is 0.364. The van der Waals surface area contributed by atoms with Gasteiger partial charge in [-0.2, -0.15) is 0 Å². The highest BCUT2D eigenvalue weighted by Gasteiger charge is 2.11. The van der Waals surface area contributed by atoms with E-state index in [0.29, 0.717) is 5.56 Å². The van der Waals surface area contributed by atoms with Gasteiger partial charge in [0.15, 0.2) is 0 Å². The molecule has 0 saturated heterocycles. The van der Waals surface area contributed by atoms with Crippen molar-refractivity contribution in [3.8, 4) is 0 Å². The van der Waals surface area contributed by atoms with Crippen molar-refractivity contribution in [3.05, 3.63) is 40.8 Å². The molecular weight excluding hydrogens is 170 g/mol. The smallest absolute Gasteiger partial charge is 0.205 e. The Morgan fingerprint density at radius 3 is 2.31 bits per heavy atom. The second-order valence-corrected chi connectivity index (χ2v) is 3.37. The van der Waals surface area contributed by atoms with Crippen molar-refractivity contribution in [2.45, 2.75) is 27.2 Å². The molecule has 13 heavy (non-hydrogen) atoms. The lowest BCUT2D eigenvalue weighted by Crippen LogP contribution is -1.94. The summed E-state index contributed by atoms with van der Waals surface area (Å²) in [5, 5.41) is 0. The van der Waals surface area contributed by atoms with Crippen molar-refractivity contribution in [2.24, 2.45) is 0 Å². The fourth-order valence-corrected chi connectivity index (χ4v) is 1.19. The van der Waals surface area contributed by atoms with E-state index in [1.165, 1.54) is 0 Å². The molecular formula is C11H13F2. The van der Waals surface area contributed by atoms with E-state index in [2.05, 4.69) is 0 Å². The number of rotatable bonds is 2. The van der Waals surface area contributed by atoms with Crippen LogP contribution in [0, 0.1) is 12.8 Å². The molecule has 0 amide bonds. The van der Waals surface area contributed by atoms with E-state index in [1.54, 1.807) is 19.1 Å². The van der Waals surface area contributed by atoms with Gasteiger partial charge >= 0.3 is 0 Å². The SMILES string of the molecule is C[C](C)c1ccc(C)c(C(F)F)c1. The van der Waals surface area contributed by atoms with E-state index >= 15 is 0 Å². The Kier molecular flexibility index (Phi) is 3.02. The molecule has 2 heteroatoms. The first-order valence-electron chi connectivity index (χ1n) is 4.21. The molecule has 0 saturated carbocycles. The number of benzene rings is 1. The average Bonchev–Trinajstić information content (AvgIpc) is 2.04. The third kappa shape index (κ3) is 2.27. The van der Waals surface area contributed by atoms with Crippen LogP contribution in [0.4, 0.5) is 8.78 Å². The topological polar surface area (TPSA) is 0 Å². The first kappa shape index (κ1) is 10.2. The van der Waals surface area contributed by atoms with Crippen LogP contribution in [-0.2, 0) is 0 Å². The molecule has 0 unspecified atom stereocenters. The third-order valence-electron chi connectivity index (χ3n) is 2.09. The second-order valence-electron chi connectivity index (χ2n) is 3.37. The lowest BCUT2D eigenvalue weighted by molar-refractivity contribution is 0.150. The second kappa shape index (κ2) is 3.86. The van der Waals surface area contributed by atoms with Gasteiger partial charge in [0.2, 0.25) is 0 Å². The zero-order valence-electron chi connectivity index (χ0n) is 8.07. The van der Waals surface area contributed by atoms with Crippen molar-refractivity contribution >= 4 is 0 Å². The molecule has 0 N–H and O–H groups in total. The van der Waals surface area contributed by atoms with E-state index in [0.717, 1.165) is 11.5 Å². The lowest BCUT2D eigenvalue weighted by atomic mass is 9.98. The Hall–Kier alpha value is -0.920. The van der Waals surface area contributed by atoms with Crippen molar-refractivity contribution in [3.63, 3.8) is 0 Å². The van der Waals surface area contributed by atoms with Crippen LogP contribution in [-0.4, -0.2) is 0 Å². The first-order valence-corrected chi connectivity index (χ1v) is 4.21. The minimum Gasteiger partial charge on any atom is -0.205 e. The van der Waals surface area contributed by atoms with E-state index in [4.69, 9.17) is 0 Å². The molecule has 0 aliphatic rings. The molecule has 1 rings (SSSR count). The van der Waals surface area contributed by atoms with Crippen molar-refractivity contribution in [2.75, 3.05) is 0 Å². The first-order chi connectivity index (χ1) is 6.02. The minimum atomic E-state index is -2.38. The van der Waals surface area contributed by atoms with Crippen LogP contribution in [0.25, 0.3) is 0 Å². The average molecular weight is 183 g/mol. The molecule has 0 aromatic heterocycles. The molecule has 1 aromatic rings. The Labute approximate surface area is 77.6 Å². The molecule has 1 aromatic carbocycles. The van der Waals surface area contributed by atoms with Crippen LogP contribution in [0.2, 0.25) is 0 Å². The molecule has 0 spiro atoms. The van der Waals surface area contributed by atoms with Crippen LogP contribution < -0.4 is 0 Å². The molecule has 71 valence electrons. The largest absolute Gasteiger partial charge is 0.264 e. The van der Waals surface area contributed by atoms with E-state index in [9.17, 15) is 8.78 Å². The zero-order chi connectivity index (χ0) is 10.0. The lowest BCUT2D eigenvalue weighted by Gasteiger charge is -2.09. The number of aryl methyl sites for hydroxylation is 1. The van der Waals surface area contributed by atoms with Gasteiger partial charge < -0.3 is 0 Å². The number of hydrogen-bond donors (Lipinski definition) is 0. The molecule has 0 bridgehead atoms. The number of hydrogen-bond acceptors (Lipinski definition) is 0. The quantitative estimate of drug-likeness (QED) is 0.652. The van der Waals surface area contributed by atoms with Gasteiger partial charge in [0.05, 0.1) is 0 Å². The Balaban J connectivity index is 3.11. The van der Waals surface area contributed by atoms with Gasteiger partial charge in [0.25, 0.3) is 6.43 Å². The summed E-state index contributed by atoms with van der Waals surface area (Å²) in [6.07, 6.45) is -2.38. The normalized spacial score (nSPS) is 11.3. The number of halogens is 2. The molecule has 0 heterocycles. The molecule has 1 radical (unpaired) electrons. The molecule has 0 aliphatic heterocycles. The summed E-state index contributed by atoms with van der Waals surface area (Å²) in [5.74, 6) is 1.06. The summed E-state index contributed by atoms with van der Waals surface area (Å²) in [6.45, 7) is 5.54. The van der Waals surface area contributed by atoms with Crippen LogP contribution in [0.15, 0.2) is 18.2 Å². The number of alkyl halides is 2. The van der Waals surface area contributed by atoms with Crippen LogP contribution in [0.1, 0.15) is 37.0 Å².